The van der Waals surface area contributed by atoms with Crippen LogP contribution in [-0.4, -0.2) is 40.6 Å². The number of rotatable bonds is 3. The molecular formula is C22H24N2O3. The highest BCUT2D eigenvalue weighted by molar-refractivity contribution is 5.94. The van der Waals surface area contributed by atoms with E-state index < -0.39 is 0 Å². The van der Waals surface area contributed by atoms with Crippen LogP contribution in [0.3, 0.4) is 0 Å². The molecule has 2 aliphatic rings. The number of hydrogen-bond donors (Lipinski definition) is 3. The fraction of sp³-hybridized carbons (Fsp3) is 0.364. The highest BCUT2D eigenvalue weighted by Gasteiger charge is 2.25. The van der Waals surface area contributed by atoms with Gasteiger partial charge in [-0.1, -0.05) is 6.07 Å². The molecule has 2 aromatic carbocycles. The zero-order valence-corrected chi connectivity index (χ0v) is 15.2. The van der Waals surface area contributed by atoms with Gasteiger partial charge in [0.05, 0.1) is 18.4 Å². The first-order chi connectivity index (χ1) is 13.2. The van der Waals surface area contributed by atoms with E-state index >= 15 is 0 Å². The van der Waals surface area contributed by atoms with Crippen molar-refractivity contribution in [1.82, 2.24) is 9.88 Å². The van der Waals surface area contributed by atoms with E-state index in [4.69, 9.17) is 4.74 Å². The summed E-state index contributed by atoms with van der Waals surface area (Å²) in [6.07, 6.45) is 3.04. The first kappa shape index (κ1) is 16.7. The van der Waals surface area contributed by atoms with Crippen molar-refractivity contribution in [2.24, 2.45) is 0 Å². The Hall–Kier alpha value is -2.50. The smallest absolute Gasteiger partial charge is 0.116 e. The second-order valence-electron chi connectivity index (χ2n) is 7.51. The van der Waals surface area contributed by atoms with Crippen LogP contribution < -0.4 is 5.32 Å². The third-order valence-electron chi connectivity index (χ3n) is 5.82. The van der Waals surface area contributed by atoms with Gasteiger partial charge in [-0.2, -0.15) is 0 Å². The second-order valence-corrected chi connectivity index (χ2v) is 7.51. The average Bonchev–Trinajstić information content (AvgIpc) is 3.00. The molecule has 5 nitrogen and oxygen atoms in total. The number of nitrogens with one attached hydrogen (secondary N) is 1. The standard InChI is InChI=1S/C22H24N2O3/c25-15-3-1-14-2-5-18-20-12-16(26)4-6-21(20)24(22(18)19(14)11-15)9-7-17-13-23-8-10-27-17/h1,3-4,6,11-12,17,23,25-26H,2,5,7-10,13H2. The molecule has 5 heteroatoms. The van der Waals surface area contributed by atoms with E-state index in [1.54, 1.807) is 12.1 Å². The molecule has 140 valence electrons. The number of benzene rings is 2. The third kappa shape index (κ3) is 2.87. The van der Waals surface area contributed by atoms with E-state index in [0.29, 0.717) is 11.5 Å². The summed E-state index contributed by atoms with van der Waals surface area (Å²) in [5.74, 6) is 0.588. The lowest BCUT2D eigenvalue weighted by atomic mass is 9.88. The molecule has 1 aliphatic heterocycles. The number of fused-ring (bicyclic) bond motifs is 5. The minimum atomic E-state index is 0.219. The van der Waals surface area contributed by atoms with Gasteiger partial charge in [-0.25, -0.2) is 0 Å². The van der Waals surface area contributed by atoms with Gasteiger partial charge in [-0.3, -0.25) is 0 Å². The Balaban J connectivity index is 1.64. The van der Waals surface area contributed by atoms with Gasteiger partial charge >= 0.3 is 0 Å². The second kappa shape index (κ2) is 6.59. The molecule has 1 aromatic heterocycles. The molecule has 1 unspecified atom stereocenters. The maximum atomic E-state index is 10.1. The van der Waals surface area contributed by atoms with Crippen LogP contribution in [0.15, 0.2) is 36.4 Å². The minimum absolute atomic E-state index is 0.219. The van der Waals surface area contributed by atoms with Crippen LogP contribution in [0, 0.1) is 0 Å². The van der Waals surface area contributed by atoms with Gasteiger partial charge in [0.15, 0.2) is 0 Å². The van der Waals surface area contributed by atoms with Gasteiger partial charge in [0.1, 0.15) is 11.5 Å². The van der Waals surface area contributed by atoms with E-state index in [9.17, 15) is 10.2 Å². The predicted octanol–water partition coefficient (Wildman–Crippen LogP) is 3.20. The van der Waals surface area contributed by atoms with Crippen LogP contribution in [0.2, 0.25) is 0 Å². The number of aryl methyl sites for hydroxylation is 3. The molecule has 0 saturated carbocycles. The quantitative estimate of drug-likeness (QED) is 0.668. The topological polar surface area (TPSA) is 66.7 Å². The molecule has 0 bridgehead atoms. The van der Waals surface area contributed by atoms with Crippen molar-refractivity contribution in [1.29, 1.82) is 0 Å². The number of aromatic nitrogens is 1. The van der Waals surface area contributed by atoms with Crippen LogP contribution in [0.25, 0.3) is 22.2 Å². The number of nitrogens with zero attached hydrogens (tertiary/aromatic N) is 1. The Morgan fingerprint density at radius 3 is 2.78 bits per heavy atom. The van der Waals surface area contributed by atoms with Crippen LogP contribution in [0.1, 0.15) is 17.5 Å². The molecule has 0 radical (unpaired) electrons. The molecule has 5 rings (SSSR count). The van der Waals surface area contributed by atoms with Crippen molar-refractivity contribution in [2.75, 3.05) is 19.7 Å². The lowest BCUT2D eigenvalue weighted by Crippen LogP contribution is -2.39. The van der Waals surface area contributed by atoms with Crippen molar-refractivity contribution in [3.05, 3.63) is 47.5 Å². The van der Waals surface area contributed by atoms with Gasteiger partial charge in [0, 0.05) is 36.1 Å². The van der Waals surface area contributed by atoms with E-state index in [2.05, 4.69) is 9.88 Å². The molecule has 1 aliphatic carbocycles. The van der Waals surface area contributed by atoms with Gasteiger partial charge in [-0.15, -0.1) is 0 Å². The summed E-state index contributed by atoms with van der Waals surface area (Å²) in [7, 11) is 0. The summed E-state index contributed by atoms with van der Waals surface area (Å²) in [5.41, 5.74) is 5.95. The maximum Gasteiger partial charge on any atom is 0.116 e. The monoisotopic (exact) mass is 364 g/mol. The molecule has 1 saturated heterocycles. The number of aromatic hydroxyl groups is 2. The summed E-state index contributed by atoms with van der Waals surface area (Å²) in [6, 6.07) is 11.3. The summed E-state index contributed by atoms with van der Waals surface area (Å²) < 4.78 is 8.23. The maximum absolute atomic E-state index is 10.1. The molecule has 1 atom stereocenters. The Bertz CT molecular complexity index is 1000. The Kier molecular flexibility index (Phi) is 4.06. The average molecular weight is 364 g/mol. The van der Waals surface area contributed by atoms with Crippen molar-refractivity contribution in [3.63, 3.8) is 0 Å². The van der Waals surface area contributed by atoms with Crippen LogP contribution in [0.5, 0.6) is 11.5 Å². The largest absolute Gasteiger partial charge is 0.508 e. The molecular weight excluding hydrogens is 340 g/mol. The van der Waals surface area contributed by atoms with Gasteiger partial charge < -0.3 is 24.8 Å². The van der Waals surface area contributed by atoms with E-state index in [1.165, 1.54) is 16.8 Å². The Morgan fingerprint density at radius 2 is 1.93 bits per heavy atom. The van der Waals surface area contributed by atoms with E-state index in [-0.39, 0.29) is 6.10 Å². The third-order valence-corrected chi connectivity index (χ3v) is 5.82. The predicted molar refractivity (Wildman–Crippen MR) is 105 cm³/mol. The fourth-order valence-electron chi connectivity index (χ4n) is 4.55. The van der Waals surface area contributed by atoms with Crippen molar-refractivity contribution in [3.8, 4) is 22.8 Å². The molecule has 27 heavy (non-hydrogen) atoms. The fourth-order valence-corrected chi connectivity index (χ4v) is 4.55. The number of phenolic OH excluding ortho intramolecular Hbond substituents is 2. The van der Waals surface area contributed by atoms with Crippen LogP contribution in [0.4, 0.5) is 0 Å². The molecule has 1 fully saturated rings. The van der Waals surface area contributed by atoms with Gasteiger partial charge in [0.2, 0.25) is 0 Å². The summed E-state index contributed by atoms with van der Waals surface area (Å²) in [4.78, 5) is 0. The number of phenols is 2. The SMILES string of the molecule is Oc1ccc2c(c1)-c1c(c3cc(O)ccc3n1CCC1CNCCO1)CC2. The highest BCUT2D eigenvalue weighted by atomic mass is 16.5. The number of morpholine rings is 1. The highest BCUT2D eigenvalue weighted by Crippen LogP contribution is 2.42. The molecule has 2 heterocycles. The normalized spacial score (nSPS) is 19.0. The van der Waals surface area contributed by atoms with Crippen LogP contribution in [-0.2, 0) is 24.1 Å². The van der Waals surface area contributed by atoms with Crippen molar-refractivity contribution in [2.45, 2.75) is 31.9 Å². The molecule has 0 amide bonds. The Morgan fingerprint density at radius 1 is 1.07 bits per heavy atom. The summed E-state index contributed by atoms with van der Waals surface area (Å²) in [6.45, 7) is 3.42. The van der Waals surface area contributed by atoms with E-state index in [0.717, 1.165) is 62.0 Å². The first-order valence-electron chi connectivity index (χ1n) is 9.69. The minimum Gasteiger partial charge on any atom is -0.508 e. The molecule has 3 aromatic rings. The van der Waals surface area contributed by atoms with Gasteiger partial charge in [-0.05, 0) is 60.7 Å². The summed E-state index contributed by atoms with van der Waals surface area (Å²) >= 11 is 0. The lowest BCUT2D eigenvalue weighted by molar-refractivity contribution is 0.0213. The lowest BCUT2D eigenvalue weighted by Gasteiger charge is -2.25. The first-order valence-corrected chi connectivity index (χ1v) is 9.69. The molecule has 3 N–H and O–H groups in total. The summed E-state index contributed by atoms with van der Waals surface area (Å²) in [5, 5.41) is 24.6. The van der Waals surface area contributed by atoms with Gasteiger partial charge in [0.25, 0.3) is 0 Å². The zero-order chi connectivity index (χ0) is 18.4. The Labute approximate surface area is 158 Å². The van der Waals surface area contributed by atoms with E-state index in [1.807, 2.05) is 24.3 Å². The van der Waals surface area contributed by atoms with Crippen LogP contribution >= 0.6 is 0 Å². The zero-order valence-electron chi connectivity index (χ0n) is 15.2. The van der Waals surface area contributed by atoms with Crippen molar-refractivity contribution >= 4 is 10.9 Å². The number of ether oxygens (including phenoxy) is 1. The number of hydrogen-bond acceptors (Lipinski definition) is 4. The molecule has 0 spiro atoms. The van der Waals surface area contributed by atoms with Crippen molar-refractivity contribution < 1.29 is 14.9 Å².